The minimum atomic E-state index is -4.49. The Morgan fingerprint density at radius 2 is 1.84 bits per heavy atom. The van der Waals surface area contributed by atoms with Crippen LogP contribution in [0.5, 0.6) is 0 Å². The number of anilines is 2. The number of halogens is 3. The summed E-state index contributed by atoms with van der Waals surface area (Å²) < 4.78 is 38.4. The molecular formula is C18H15F3N2O2. The van der Waals surface area contributed by atoms with Crippen LogP contribution < -0.4 is 10.2 Å². The predicted molar refractivity (Wildman–Crippen MR) is 87.2 cm³/mol. The van der Waals surface area contributed by atoms with Gasteiger partial charge in [0, 0.05) is 24.7 Å². The Morgan fingerprint density at radius 3 is 2.52 bits per heavy atom. The molecule has 0 saturated heterocycles. The van der Waals surface area contributed by atoms with Crippen LogP contribution in [-0.2, 0) is 22.2 Å². The van der Waals surface area contributed by atoms with E-state index >= 15 is 0 Å². The van der Waals surface area contributed by atoms with Crippen LogP contribution in [0, 0.1) is 0 Å². The molecule has 3 rings (SSSR count). The summed E-state index contributed by atoms with van der Waals surface area (Å²) in [7, 11) is 0. The topological polar surface area (TPSA) is 49.4 Å². The van der Waals surface area contributed by atoms with Crippen LogP contribution in [0.15, 0.2) is 48.5 Å². The fourth-order valence-electron chi connectivity index (χ4n) is 2.98. The summed E-state index contributed by atoms with van der Waals surface area (Å²) in [6, 6.07) is 10.8. The summed E-state index contributed by atoms with van der Waals surface area (Å²) in [6.07, 6.45) is -4.17. The Kier molecular flexibility index (Phi) is 4.24. The Hall–Kier alpha value is -2.83. The molecule has 0 radical (unpaired) electrons. The van der Waals surface area contributed by atoms with Crippen molar-refractivity contribution >= 4 is 23.2 Å². The van der Waals surface area contributed by atoms with Gasteiger partial charge in [-0.2, -0.15) is 13.2 Å². The summed E-state index contributed by atoms with van der Waals surface area (Å²) in [4.78, 5) is 25.9. The molecule has 0 unspecified atom stereocenters. The first kappa shape index (κ1) is 17.0. The van der Waals surface area contributed by atoms with Crippen molar-refractivity contribution in [2.45, 2.75) is 25.6 Å². The summed E-state index contributed by atoms with van der Waals surface area (Å²) in [6.45, 7) is 1.35. The van der Waals surface area contributed by atoms with Crippen LogP contribution >= 0.6 is 0 Å². The third kappa shape index (κ3) is 3.35. The highest BCUT2D eigenvalue weighted by molar-refractivity contribution is 6.06. The number of para-hydroxylation sites is 1. The number of alkyl halides is 3. The Bertz CT molecular complexity index is 833. The summed E-state index contributed by atoms with van der Waals surface area (Å²) in [5, 5.41) is 2.48. The molecule has 0 aromatic heterocycles. The van der Waals surface area contributed by atoms with E-state index < -0.39 is 23.7 Å². The van der Waals surface area contributed by atoms with Crippen LogP contribution in [0.25, 0.3) is 0 Å². The lowest BCUT2D eigenvalue weighted by molar-refractivity contribution is -0.137. The van der Waals surface area contributed by atoms with E-state index in [1.807, 2.05) is 12.1 Å². The zero-order valence-electron chi connectivity index (χ0n) is 13.3. The van der Waals surface area contributed by atoms with Gasteiger partial charge in [-0.3, -0.25) is 14.5 Å². The van der Waals surface area contributed by atoms with E-state index in [1.165, 1.54) is 24.0 Å². The van der Waals surface area contributed by atoms with Gasteiger partial charge >= 0.3 is 6.18 Å². The van der Waals surface area contributed by atoms with E-state index in [0.717, 1.165) is 17.7 Å². The van der Waals surface area contributed by atoms with Crippen LogP contribution in [0.1, 0.15) is 18.1 Å². The molecule has 1 aliphatic rings. The summed E-state index contributed by atoms with van der Waals surface area (Å²) >= 11 is 0. The number of hydrogen-bond acceptors (Lipinski definition) is 2. The van der Waals surface area contributed by atoms with Crippen molar-refractivity contribution < 1.29 is 22.8 Å². The van der Waals surface area contributed by atoms with Crippen molar-refractivity contribution in [1.82, 2.24) is 0 Å². The lowest BCUT2D eigenvalue weighted by Gasteiger charge is -2.23. The van der Waals surface area contributed by atoms with Crippen molar-refractivity contribution in [3.05, 3.63) is 59.7 Å². The lowest BCUT2D eigenvalue weighted by atomic mass is 10.1. The quantitative estimate of drug-likeness (QED) is 0.901. The minimum absolute atomic E-state index is 0.0410. The number of carbonyl (C=O) groups excluding carboxylic acids is 2. The van der Waals surface area contributed by atoms with Crippen LogP contribution in [0.4, 0.5) is 24.5 Å². The summed E-state index contributed by atoms with van der Waals surface area (Å²) in [5.41, 5.74) is 0.698. The van der Waals surface area contributed by atoms with Gasteiger partial charge in [0.2, 0.25) is 11.8 Å². The van der Waals surface area contributed by atoms with Gasteiger partial charge in [0.05, 0.1) is 5.56 Å². The molecular weight excluding hydrogens is 333 g/mol. The molecule has 4 nitrogen and oxygen atoms in total. The zero-order valence-corrected chi connectivity index (χ0v) is 13.3. The molecule has 1 N–H and O–H groups in total. The molecule has 1 atom stereocenters. The number of benzene rings is 2. The van der Waals surface area contributed by atoms with E-state index in [2.05, 4.69) is 5.32 Å². The Balaban J connectivity index is 1.84. The molecule has 7 heteroatoms. The van der Waals surface area contributed by atoms with Gasteiger partial charge in [-0.1, -0.05) is 24.3 Å². The Labute approximate surface area is 142 Å². The van der Waals surface area contributed by atoms with E-state index in [4.69, 9.17) is 0 Å². The lowest BCUT2D eigenvalue weighted by Crippen LogP contribution is -2.44. The van der Waals surface area contributed by atoms with E-state index in [-0.39, 0.29) is 11.6 Å². The minimum Gasteiger partial charge on any atom is -0.324 e. The highest BCUT2D eigenvalue weighted by Gasteiger charge is 2.37. The van der Waals surface area contributed by atoms with Gasteiger partial charge in [-0.15, -0.1) is 0 Å². The molecule has 2 aromatic rings. The van der Waals surface area contributed by atoms with Crippen LogP contribution in [0.2, 0.25) is 0 Å². The maximum Gasteiger partial charge on any atom is 0.416 e. The molecule has 1 aliphatic heterocycles. The summed E-state index contributed by atoms with van der Waals surface area (Å²) in [5.74, 6) is -0.820. The fraction of sp³-hybridized carbons (Fsp3) is 0.222. The molecule has 0 spiro atoms. The molecule has 0 saturated carbocycles. The molecule has 2 aromatic carbocycles. The van der Waals surface area contributed by atoms with Crippen molar-refractivity contribution in [3.8, 4) is 0 Å². The third-order valence-electron chi connectivity index (χ3n) is 4.08. The maximum absolute atomic E-state index is 12.8. The molecule has 1 heterocycles. The third-order valence-corrected chi connectivity index (χ3v) is 4.08. The number of hydrogen-bond donors (Lipinski definition) is 1. The van der Waals surface area contributed by atoms with Crippen molar-refractivity contribution in [2.75, 3.05) is 10.2 Å². The molecule has 2 amide bonds. The van der Waals surface area contributed by atoms with Crippen molar-refractivity contribution in [2.24, 2.45) is 0 Å². The maximum atomic E-state index is 12.8. The molecule has 0 bridgehead atoms. The predicted octanol–water partition coefficient (Wildman–Crippen LogP) is 3.62. The van der Waals surface area contributed by atoms with Crippen LogP contribution in [-0.4, -0.2) is 17.9 Å². The highest BCUT2D eigenvalue weighted by atomic mass is 19.4. The second-order valence-corrected chi connectivity index (χ2v) is 5.81. The first-order valence-electron chi connectivity index (χ1n) is 7.63. The number of rotatable bonds is 2. The van der Waals surface area contributed by atoms with Crippen LogP contribution in [0.3, 0.4) is 0 Å². The second-order valence-electron chi connectivity index (χ2n) is 5.81. The molecule has 0 fully saturated rings. The number of fused-ring (bicyclic) bond motifs is 1. The Morgan fingerprint density at radius 1 is 1.12 bits per heavy atom. The van der Waals surface area contributed by atoms with Gasteiger partial charge in [-0.05, 0) is 29.8 Å². The standard InChI is InChI=1S/C18H15F3N2O2/c1-11(24)23-15-8-3-2-5-12(15)9-16(23)17(25)22-14-7-4-6-13(10-14)18(19,20)21/h2-8,10,16H,9H2,1H3,(H,22,25)/t16-/m0/s1. The SMILES string of the molecule is CC(=O)N1c2ccccc2C[C@H]1C(=O)Nc1cccc(C(F)(F)F)c1. The number of nitrogens with zero attached hydrogens (tertiary/aromatic N) is 1. The zero-order chi connectivity index (χ0) is 18.2. The molecule has 0 aliphatic carbocycles. The van der Waals surface area contributed by atoms with E-state index in [9.17, 15) is 22.8 Å². The largest absolute Gasteiger partial charge is 0.416 e. The van der Waals surface area contributed by atoms with Gasteiger partial charge < -0.3 is 5.32 Å². The molecule has 130 valence electrons. The van der Waals surface area contributed by atoms with E-state index in [1.54, 1.807) is 12.1 Å². The van der Waals surface area contributed by atoms with Gasteiger partial charge in [-0.25, -0.2) is 0 Å². The first-order valence-corrected chi connectivity index (χ1v) is 7.63. The normalized spacial score (nSPS) is 16.5. The first-order chi connectivity index (χ1) is 11.8. The monoisotopic (exact) mass is 348 g/mol. The van der Waals surface area contributed by atoms with E-state index in [0.29, 0.717) is 12.1 Å². The number of nitrogens with one attached hydrogen (secondary N) is 1. The smallest absolute Gasteiger partial charge is 0.324 e. The van der Waals surface area contributed by atoms with Crippen molar-refractivity contribution in [3.63, 3.8) is 0 Å². The van der Waals surface area contributed by atoms with Gasteiger partial charge in [0.15, 0.2) is 0 Å². The number of carbonyl (C=O) groups is 2. The molecule has 25 heavy (non-hydrogen) atoms. The van der Waals surface area contributed by atoms with Crippen molar-refractivity contribution in [1.29, 1.82) is 0 Å². The highest BCUT2D eigenvalue weighted by Crippen LogP contribution is 2.33. The fourth-order valence-corrected chi connectivity index (χ4v) is 2.98. The second kappa shape index (κ2) is 6.23. The number of amides is 2. The van der Waals surface area contributed by atoms with Gasteiger partial charge in [0.25, 0.3) is 0 Å². The average Bonchev–Trinajstić information content (AvgIpc) is 2.94. The average molecular weight is 348 g/mol. The van der Waals surface area contributed by atoms with Gasteiger partial charge in [0.1, 0.15) is 6.04 Å².